The average Bonchev–Trinajstić information content (AvgIpc) is 3.16. The van der Waals surface area contributed by atoms with E-state index < -0.39 is 23.4 Å². The molecule has 4 rings (SSSR count). The summed E-state index contributed by atoms with van der Waals surface area (Å²) in [5, 5.41) is 10.2. The van der Waals surface area contributed by atoms with Crippen LogP contribution in [0.1, 0.15) is 33.8 Å². The van der Waals surface area contributed by atoms with Gasteiger partial charge >= 0.3 is 0 Å². The van der Waals surface area contributed by atoms with Gasteiger partial charge < -0.3 is 10.6 Å². The van der Waals surface area contributed by atoms with Crippen molar-refractivity contribution in [2.45, 2.75) is 25.3 Å². The summed E-state index contributed by atoms with van der Waals surface area (Å²) in [6.07, 6.45) is 2.26. The lowest BCUT2D eigenvalue weighted by Crippen LogP contribution is -2.50. The third-order valence-electron chi connectivity index (χ3n) is 5.80. The number of benzene rings is 2. The van der Waals surface area contributed by atoms with Crippen molar-refractivity contribution in [1.29, 1.82) is 0 Å². The van der Waals surface area contributed by atoms with Gasteiger partial charge in [-0.25, -0.2) is 13.2 Å². The Morgan fingerprint density at radius 2 is 1.94 bits per heavy atom. The van der Waals surface area contributed by atoms with Gasteiger partial charge in [-0.15, -0.1) is 0 Å². The van der Waals surface area contributed by atoms with Crippen molar-refractivity contribution in [3.63, 3.8) is 0 Å². The Labute approximate surface area is 178 Å². The van der Waals surface area contributed by atoms with E-state index in [9.17, 15) is 18.0 Å². The van der Waals surface area contributed by atoms with Gasteiger partial charge in [0, 0.05) is 37.3 Å². The fraction of sp³-hybridized carbons (Fsp3) is 0.304. The number of hydrogen-bond donors (Lipinski definition) is 2. The van der Waals surface area contributed by atoms with Crippen molar-refractivity contribution in [3.05, 3.63) is 76.7 Å². The predicted octanol–water partition coefficient (Wildman–Crippen LogP) is 3.69. The van der Waals surface area contributed by atoms with Crippen molar-refractivity contribution < 1.29 is 18.0 Å². The van der Waals surface area contributed by atoms with E-state index in [1.165, 1.54) is 18.2 Å². The van der Waals surface area contributed by atoms with Crippen molar-refractivity contribution >= 4 is 5.91 Å². The van der Waals surface area contributed by atoms with Gasteiger partial charge in [-0.1, -0.05) is 6.07 Å². The van der Waals surface area contributed by atoms with E-state index in [0.717, 1.165) is 11.8 Å². The lowest BCUT2D eigenvalue weighted by atomic mass is 9.85. The van der Waals surface area contributed by atoms with Gasteiger partial charge in [0.05, 0.1) is 11.3 Å². The summed E-state index contributed by atoms with van der Waals surface area (Å²) in [4.78, 5) is 13.0. The fourth-order valence-electron chi connectivity index (χ4n) is 4.23. The zero-order valence-corrected chi connectivity index (χ0v) is 17.3. The molecule has 2 N–H and O–H groups in total. The molecule has 0 unspecified atom stereocenters. The molecule has 0 radical (unpaired) electrons. The van der Waals surface area contributed by atoms with Crippen LogP contribution in [0.25, 0.3) is 11.3 Å². The van der Waals surface area contributed by atoms with Crippen LogP contribution in [0.5, 0.6) is 0 Å². The number of rotatable bonds is 4. The summed E-state index contributed by atoms with van der Waals surface area (Å²) < 4.78 is 43.7. The molecule has 0 aliphatic carbocycles. The summed E-state index contributed by atoms with van der Waals surface area (Å²) in [6.45, 7) is 2.82. The number of halogens is 3. The standard InChI is InChI=1S/C23H23F3N4O/c1-13-9-15(21-6-8-28-30(21)2)11-19(26)22(13)23(31)29-20-12-27-7-5-16(20)14-3-4-17(24)18(25)10-14/h3-4,6,8-11,16,20,27H,5,7,12H2,1-2H3,(H,29,31)/t16-,20+/m0/s1. The number of aryl methyl sites for hydroxylation is 2. The number of piperidine rings is 1. The smallest absolute Gasteiger partial charge is 0.254 e. The van der Waals surface area contributed by atoms with Crippen LogP contribution in [0, 0.1) is 24.4 Å². The monoisotopic (exact) mass is 428 g/mol. The maximum absolute atomic E-state index is 15.0. The molecule has 3 aromatic rings. The number of carbonyl (C=O) groups is 1. The van der Waals surface area contributed by atoms with Gasteiger partial charge in [0.25, 0.3) is 5.91 Å². The number of amides is 1. The molecule has 1 saturated heterocycles. The normalized spacial score (nSPS) is 18.7. The summed E-state index contributed by atoms with van der Waals surface area (Å²) >= 11 is 0. The summed E-state index contributed by atoms with van der Waals surface area (Å²) in [7, 11) is 1.76. The van der Waals surface area contributed by atoms with Crippen LogP contribution in [0.3, 0.4) is 0 Å². The van der Waals surface area contributed by atoms with Crippen molar-refractivity contribution in [3.8, 4) is 11.3 Å². The minimum atomic E-state index is -0.922. The molecule has 0 spiro atoms. The molecule has 2 aromatic carbocycles. The minimum Gasteiger partial charge on any atom is -0.347 e. The number of nitrogens with one attached hydrogen (secondary N) is 2. The Balaban J connectivity index is 1.59. The number of hydrogen-bond acceptors (Lipinski definition) is 3. The molecule has 8 heteroatoms. The number of carbonyl (C=O) groups excluding carboxylic acids is 1. The van der Waals surface area contributed by atoms with E-state index in [2.05, 4.69) is 15.7 Å². The molecular formula is C23H23F3N4O. The molecule has 0 bridgehead atoms. The second-order valence-electron chi connectivity index (χ2n) is 7.84. The Hall–Kier alpha value is -3.13. The first-order chi connectivity index (χ1) is 14.8. The highest BCUT2D eigenvalue weighted by atomic mass is 19.2. The highest BCUT2D eigenvalue weighted by molar-refractivity contribution is 5.96. The second-order valence-corrected chi connectivity index (χ2v) is 7.84. The first kappa shape index (κ1) is 21.1. The van der Waals surface area contributed by atoms with Gasteiger partial charge in [-0.3, -0.25) is 9.48 Å². The van der Waals surface area contributed by atoms with Gasteiger partial charge in [0.1, 0.15) is 5.82 Å². The van der Waals surface area contributed by atoms with Crippen molar-refractivity contribution in [2.75, 3.05) is 13.1 Å². The Bertz CT molecular complexity index is 1100. The molecule has 1 aromatic heterocycles. The maximum Gasteiger partial charge on any atom is 0.254 e. The molecule has 1 amide bonds. The highest BCUT2D eigenvalue weighted by Crippen LogP contribution is 2.28. The number of aromatic nitrogens is 2. The summed E-state index contributed by atoms with van der Waals surface area (Å²) in [5.41, 5.74) is 2.45. The molecule has 5 nitrogen and oxygen atoms in total. The van der Waals surface area contributed by atoms with Crippen molar-refractivity contribution in [2.24, 2.45) is 7.05 Å². The molecule has 1 aliphatic heterocycles. The Morgan fingerprint density at radius 1 is 1.13 bits per heavy atom. The summed E-state index contributed by atoms with van der Waals surface area (Å²) in [6, 6.07) is 8.25. The van der Waals surface area contributed by atoms with E-state index in [1.807, 2.05) is 0 Å². The first-order valence-electron chi connectivity index (χ1n) is 10.1. The van der Waals surface area contributed by atoms with Gasteiger partial charge in [-0.05, 0) is 61.3 Å². The van der Waals surface area contributed by atoms with Crippen LogP contribution < -0.4 is 10.6 Å². The highest BCUT2D eigenvalue weighted by Gasteiger charge is 2.30. The molecule has 0 saturated carbocycles. The predicted molar refractivity (Wildman–Crippen MR) is 111 cm³/mol. The first-order valence-corrected chi connectivity index (χ1v) is 10.1. The third-order valence-corrected chi connectivity index (χ3v) is 5.80. The Morgan fingerprint density at radius 3 is 2.61 bits per heavy atom. The van der Waals surface area contributed by atoms with Crippen molar-refractivity contribution in [1.82, 2.24) is 20.4 Å². The van der Waals surface area contributed by atoms with Gasteiger partial charge in [-0.2, -0.15) is 5.10 Å². The average molecular weight is 428 g/mol. The lowest BCUT2D eigenvalue weighted by Gasteiger charge is -2.33. The maximum atomic E-state index is 15.0. The van der Waals surface area contributed by atoms with E-state index in [-0.39, 0.29) is 17.5 Å². The Kier molecular flexibility index (Phi) is 5.82. The van der Waals surface area contributed by atoms with E-state index in [1.54, 1.807) is 37.0 Å². The molecule has 2 heterocycles. The largest absolute Gasteiger partial charge is 0.347 e. The lowest BCUT2D eigenvalue weighted by molar-refractivity contribution is 0.0919. The van der Waals surface area contributed by atoms with E-state index in [4.69, 9.17) is 0 Å². The molecule has 31 heavy (non-hydrogen) atoms. The number of nitrogens with zero attached hydrogens (tertiary/aromatic N) is 2. The van der Waals surface area contributed by atoms with Crippen LogP contribution in [-0.4, -0.2) is 34.8 Å². The van der Waals surface area contributed by atoms with Crippen LogP contribution in [0.15, 0.2) is 42.6 Å². The van der Waals surface area contributed by atoms with Crippen LogP contribution in [0.2, 0.25) is 0 Å². The zero-order valence-electron chi connectivity index (χ0n) is 17.3. The zero-order chi connectivity index (χ0) is 22.1. The third kappa shape index (κ3) is 4.20. The molecule has 2 atom stereocenters. The quantitative estimate of drug-likeness (QED) is 0.667. The van der Waals surface area contributed by atoms with Gasteiger partial charge in [0.15, 0.2) is 11.6 Å². The molecule has 162 valence electrons. The van der Waals surface area contributed by atoms with Crippen LogP contribution in [-0.2, 0) is 7.05 Å². The molecule has 1 aliphatic rings. The van der Waals surface area contributed by atoms with Gasteiger partial charge in [0.2, 0.25) is 0 Å². The SMILES string of the molecule is Cc1cc(-c2ccnn2C)cc(F)c1C(=O)N[C@@H]1CNCC[C@H]1c1ccc(F)c(F)c1. The second kappa shape index (κ2) is 8.55. The van der Waals surface area contributed by atoms with Crippen LogP contribution in [0.4, 0.5) is 13.2 Å². The summed E-state index contributed by atoms with van der Waals surface area (Å²) in [5.74, 6) is -3.20. The van der Waals surface area contributed by atoms with E-state index in [0.29, 0.717) is 36.2 Å². The fourth-order valence-corrected chi connectivity index (χ4v) is 4.23. The van der Waals surface area contributed by atoms with Crippen LogP contribution >= 0.6 is 0 Å². The molecule has 1 fully saturated rings. The molecular weight excluding hydrogens is 405 g/mol. The minimum absolute atomic E-state index is 0.0273. The van der Waals surface area contributed by atoms with E-state index >= 15 is 0 Å². The topological polar surface area (TPSA) is 59.0 Å².